The van der Waals surface area contributed by atoms with Crippen LogP contribution in [0.2, 0.25) is 10.0 Å². The molecule has 0 atom stereocenters. The van der Waals surface area contributed by atoms with Crippen LogP contribution < -0.4 is 0 Å². The van der Waals surface area contributed by atoms with Crippen molar-refractivity contribution in [3.63, 3.8) is 0 Å². The Balaban J connectivity index is 1.50. The molecule has 0 amide bonds. The van der Waals surface area contributed by atoms with Crippen molar-refractivity contribution in [2.24, 2.45) is 0 Å². The van der Waals surface area contributed by atoms with E-state index < -0.39 is 17.7 Å². The number of aromatic nitrogens is 2. The number of carboxylic acids is 1. The fourth-order valence-electron chi connectivity index (χ4n) is 4.23. The normalized spacial score (nSPS) is 11.5. The minimum Gasteiger partial charge on any atom is -0.478 e. The van der Waals surface area contributed by atoms with E-state index in [1.54, 1.807) is 48.5 Å². The van der Waals surface area contributed by atoms with Crippen LogP contribution in [0.4, 0.5) is 13.2 Å². The highest BCUT2D eigenvalue weighted by molar-refractivity contribution is 6.36. The second-order valence-electron chi connectivity index (χ2n) is 8.84. The van der Waals surface area contributed by atoms with Gasteiger partial charge in [-0.05, 0) is 71.3 Å². The molecule has 0 aliphatic rings. The Labute approximate surface area is 231 Å². The summed E-state index contributed by atoms with van der Waals surface area (Å²) < 4.78 is 41.3. The summed E-state index contributed by atoms with van der Waals surface area (Å²) >= 11 is 12.5. The molecule has 4 nitrogen and oxygen atoms in total. The van der Waals surface area contributed by atoms with Crippen molar-refractivity contribution in [3.8, 4) is 28.1 Å². The average Bonchev–Trinajstić information content (AvgIpc) is 3.32. The quantitative estimate of drug-likeness (QED) is 0.223. The van der Waals surface area contributed by atoms with Crippen molar-refractivity contribution in [1.29, 1.82) is 0 Å². The van der Waals surface area contributed by atoms with Gasteiger partial charge in [0, 0.05) is 28.9 Å². The maximum Gasteiger partial charge on any atom is 0.416 e. The van der Waals surface area contributed by atoms with E-state index in [0.717, 1.165) is 17.7 Å². The van der Waals surface area contributed by atoms with Crippen LogP contribution >= 0.6 is 23.2 Å². The van der Waals surface area contributed by atoms with Crippen molar-refractivity contribution >= 4 is 29.2 Å². The number of imidazole rings is 1. The highest BCUT2D eigenvalue weighted by atomic mass is 35.5. The number of hydrogen-bond donors (Lipinski definition) is 1. The van der Waals surface area contributed by atoms with Gasteiger partial charge in [-0.25, -0.2) is 9.78 Å². The number of nitrogens with zero attached hydrogens (tertiary/aromatic N) is 2. The third kappa shape index (κ3) is 5.85. The first-order valence-corrected chi connectivity index (χ1v) is 12.5. The number of aromatic carboxylic acids is 1. The van der Waals surface area contributed by atoms with Gasteiger partial charge in [-0.15, -0.1) is 0 Å². The number of rotatable bonds is 6. The van der Waals surface area contributed by atoms with Gasteiger partial charge in [0.15, 0.2) is 0 Å². The Morgan fingerprint density at radius 3 is 2.23 bits per heavy atom. The maximum absolute atomic E-state index is 13.1. The molecule has 5 aromatic rings. The van der Waals surface area contributed by atoms with Crippen LogP contribution in [0, 0.1) is 0 Å². The van der Waals surface area contributed by atoms with E-state index in [1.807, 2.05) is 22.9 Å². The number of halogens is 5. The van der Waals surface area contributed by atoms with E-state index in [2.05, 4.69) is 0 Å². The predicted octanol–water partition coefficient (Wildman–Crippen LogP) is 8.82. The zero-order chi connectivity index (χ0) is 27.7. The molecule has 0 spiro atoms. The molecule has 0 aliphatic heterocycles. The standard InChI is InChI=1S/C30H19Cl2F3N2O2/c31-23-10-13-25(26(32)16-23)27-17-37(24-11-8-20(9-12-24)29(38)39)28(36-27)14-18-4-6-19(7-5-18)21-2-1-3-22(15-21)30(33,34)35/h1-13,15-17H,14H2,(H,38,39). The third-order valence-corrected chi connectivity index (χ3v) is 6.77. The van der Waals surface area contributed by atoms with Gasteiger partial charge in [0.2, 0.25) is 0 Å². The number of carbonyl (C=O) groups is 1. The molecular weight excluding hydrogens is 548 g/mol. The predicted molar refractivity (Wildman–Crippen MR) is 146 cm³/mol. The van der Waals surface area contributed by atoms with Gasteiger partial charge in [0.1, 0.15) is 5.82 Å². The molecule has 4 aromatic carbocycles. The largest absolute Gasteiger partial charge is 0.478 e. The molecule has 1 aromatic heterocycles. The van der Waals surface area contributed by atoms with Gasteiger partial charge < -0.3 is 9.67 Å². The third-order valence-electron chi connectivity index (χ3n) is 6.22. The molecular formula is C30H19Cl2F3N2O2. The highest BCUT2D eigenvalue weighted by Gasteiger charge is 2.30. The molecule has 9 heteroatoms. The van der Waals surface area contributed by atoms with E-state index in [0.29, 0.717) is 50.4 Å². The summed E-state index contributed by atoms with van der Waals surface area (Å²) in [5.41, 5.74) is 3.47. The molecule has 0 saturated heterocycles. The summed E-state index contributed by atoms with van der Waals surface area (Å²) in [6.07, 6.45) is -2.20. The van der Waals surface area contributed by atoms with Gasteiger partial charge in [-0.3, -0.25) is 0 Å². The lowest BCUT2D eigenvalue weighted by atomic mass is 10.0. The van der Waals surface area contributed by atoms with E-state index in [4.69, 9.17) is 28.2 Å². The molecule has 5 rings (SSSR count). The molecule has 1 heterocycles. The number of carboxylic acid groups (broad SMARTS) is 1. The Kier molecular flexibility index (Phi) is 7.21. The molecule has 196 valence electrons. The minimum absolute atomic E-state index is 0.159. The minimum atomic E-state index is -4.42. The average molecular weight is 567 g/mol. The smallest absolute Gasteiger partial charge is 0.416 e. The SMILES string of the molecule is O=C(O)c1ccc(-n2cc(-c3ccc(Cl)cc3Cl)nc2Cc2ccc(-c3cccc(C(F)(F)F)c3)cc2)cc1. The van der Waals surface area contributed by atoms with Crippen LogP contribution in [0.1, 0.15) is 27.3 Å². The second-order valence-corrected chi connectivity index (χ2v) is 9.68. The van der Waals surface area contributed by atoms with E-state index in [-0.39, 0.29) is 5.56 Å². The number of hydrogen-bond acceptors (Lipinski definition) is 2. The fourth-order valence-corrected chi connectivity index (χ4v) is 4.74. The summed E-state index contributed by atoms with van der Waals surface area (Å²) in [5.74, 6) is -0.368. The van der Waals surface area contributed by atoms with Crippen LogP contribution in [-0.4, -0.2) is 20.6 Å². The fraction of sp³-hybridized carbons (Fsp3) is 0.0667. The monoisotopic (exact) mass is 566 g/mol. The van der Waals surface area contributed by atoms with E-state index >= 15 is 0 Å². The topological polar surface area (TPSA) is 55.1 Å². The van der Waals surface area contributed by atoms with Gasteiger partial charge in [-0.1, -0.05) is 59.6 Å². The number of alkyl halides is 3. The summed E-state index contributed by atoms with van der Waals surface area (Å²) in [6.45, 7) is 0. The molecule has 0 radical (unpaired) electrons. The Morgan fingerprint density at radius 1 is 0.872 bits per heavy atom. The van der Waals surface area contributed by atoms with Gasteiger partial charge in [0.05, 0.1) is 21.8 Å². The van der Waals surface area contributed by atoms with Crippen molar-refractivity contribution in [1.82, 2.24) is 9.55 Å². The van der Waals surface area contributed by atoms with Crippen LogP contribution in [-0.2, 0) is 12.6 Å². The second kappa shape index (κ2) is 10.6. The first kappa shape index (κ1) is 26.5. The van der Waals surface area contributed by atoms with Crippen LogP contribution in [0.3, 0.4) is 0 Å². The van der Waals surface area contributed by atoms with Crippen LogP contribution in [0.15, 0.2) is 97.2 Å². The van der Waals surface area contributed by atoms with Crippen molar-refractivity contribution in [2.75, 3.05) is 0 Å². The lowest BCUT2D eigenvalue weighted by molar-refractivity contribution is -0.137. The van der Waals surface area contributed by atoms with E-state index in [1.165, 1.54) is 18.2 Å². The van der Waals surface area contributed by atoms with Crippen LogP contribution in [0.25, 0.3) is 28.1 Å². The molecule has 1 N–H and O–H groups in total. The molecule has 0 unspecified atom stereocenters. The summed E-state index contributed by atoms with van der Waals surface area (Å²) in [4.78, 5) is 16.1. The first-order valence-electron chi connectivity index (χ1n) is 11.7. The molecule has 0 saturated carbocycles. The first-order chi connectivity index (χ1) is 18.6. The molecule has 0 bridgehead atoms. The van der Waals surface area contributed by atoms with Crippen molar-refractivity contribution in [3.05, 3.63) is 130 Å². The Morgan fingerprint density at radius 2 is 1.59 bits per heavy atom. The summed E-state index contributed by atoms with van der Waals surface area (Å²) in [7, 11) is 0. The van der Waals surface area contributed by atoms with Crippen LogP contribution in [0.5, 0.6) is 0 Å². The number of benzene rings is 4. The lowest BCUT2D eigenvalue weighted by Crippen LogP contribution is -2.04. The lowest BCUT2D eigenvalue weighted by Gasteiger charge is -2.10. The zero-order valence-corrected chi connectivity index (χ0v) is 21.6. The van der Waals surface area contributed by atoms with Gasteiger partial charge in [-0.2, -0.15) is 13.2 Å². The highest BCUT2D eigenvalue weighted by Crippen LogP contribution is 2.33. The summed E-state index contributed by atoms with van der Waals surface area (Å²) in [6, 6.07) is 24.0. The zero-order valence-electron chi connectivity index (χ0n) is 20.1. The van der Waals surface area contributed by atoms with Gasteiger partial charge in [0.25, 0.3) is 0 Å². The Hall–Kier alpha value is -4.07. The van der Waals surface area contributed by atoms with Crippen molar-refractivity contribution < 1.29 is 23.1 Å². The molecule has 39 heavy (non-hydrogen) atoms. The molecule has 0 fully saturated rings. The van der Waals surface area contributed by atoms with Crippen molar-refractivity contribution in [2.45, 2.75) is 12.6 Å². The summed E-state index contributed by atoms with van der Waals surface area (Å²) in [5, 5.41) is 10.2. The maximum atomic E-state index is 13.1. The van der Waals surface area contributed by atoms with Gasteiger partial charge >= 0.3 is 12.1 Å². The molecule has 0 aliphatic carbocycles. The van der Waals surface area contributed by atoms with E-state index in [9.17, 15) is 23.1 Å². The Bertz CT molecular complexity index is 1660.